The monoisotopic (exact) mass is 561 g/mol. The maximum absolute atomic E-state index is 13.6. The molecule has 0 bridgehead atoms. The molecule has 3 aliphatic heterocycles. The van der Waals surface area contributed by atoms with Gasteiger partial charge in [0.2, 0.25) is 0 Å². The van der Waals surface area contributed by atoms with Crippen LogP contribution >= 0.6 is 0 Å². The number of nitrogens with zero attached hydrogens (tertiary/aromatic N) is 6. The van der Waals surface area contributed by atoms with Crippen LogP contribution in [0.2, 0.25) is 0 Å². The second-order valence-electron chi connectivity index (χ2n) is 11.4. The van der Waals surface area contributed by atoms with E-state index in [1.165, 1.54) is 4.90 Å². The van der Waals surface area contributed by atoms with Crippen LogP contribution in [-0.2, 0) is 17.8 Å². The number of carbonyl (C=O) groups is 1. The number of carbonyl (C=O) groups excluding carboxylic acids is 1. The van der Waals surface area contributed by atoms with E-state index in [-0.39, 0.29) is 6.04 Å². The lowest BCUT2D eigenvalue weighted by molar-refractivity contribution is -0.129. The van der Waals surface area contributed by atoms with Crippen LogP contribution < -0.4 is 14.5 Å². The fourth-order valence-electron chi connectivity index (χ4n) is 6.47. The van der Waals surface area contributed by atoms with Gasteiger partial charge >= 0.3 is 6.01 Å². The highest BCUT2D eigenvalue weighted by atomic mass is 19.1. The van der Waals surface area contributed by atoms with Crippen molar-refractivity contribution in [3.8, 4) is 6.01 Å². The van der Waals surface area contributed by atoms with Crippen molar-refractivity contribution in [1.29, 1.82) is 0 Å². The number of hydrogen-bond acceptors (Lipinski definition) is 7. The molecule has 0 radical (unpaired) electrons. The minimum atomic E-state index is -2.25. The molecule has 0 N–H and O–H groups in total. The largest absolute Gasteiger partial charge is 0.462 e. The van der Waals surface area contributed by atoms with Gasteiger partial charge in [-0.1, -0.05) is 36.9 Å². The molecule has 8 nitrogen and oxygen atoms in total. The Bertz CT molecular complexity index is 1580. The first-order valence-corrected chi connectivity index (χ1v) is 14.4. The average Bonchev–Trinajstić information content (AvgIpc) is 3.42. The highest BCUT2D eigenvalue weighted by Crippen LogP contribution is 2.36. The number of amides is 1. The van der Waals surface area contributed by atoms with Crippen molar-refractivity contribution in [1.82, 2.24) is 19.8 Å². The molecule has 0 spiro atoms. The van der Waals surface area contributed by atoms with E-state index in [1.54, 1.807) is 12.1 Å². The third kappa shape index (κ3) is 5.35. The molecule has 1 aromatic heterocycles. The van der Waals surface area contributed by atoms with E-state index >= 15 is 0 Å². The van der Waals surface area contributed by atoms with Gasteiger partial charge in [0.15, 0.2) is 5.83 Å². The molecule has 41 heavy (non-hydrogen) atoms. The average molecular weight is 562 g/mol. The molecule has 0 unspecified atom stereocenters. The summed E-state index contributed by atoms with van der Waals surface area (Å²) in [5.74, 6) is -0.843. The fraction of sp³-hybridized carbons (Fsp3) is 0.469. The Morgan fingerprint density at radius 3 is 2.73 bits per heavy atom. The quantitative estimate of drug-likeness (QED) is 0.411. The van der Waals surface area contributed by atoms with Crippen LogP contribution in [0.5, 0.6) is 6.01 Å². The maximum atomic E-state index is 13.6. The second-order valence-corrected chi connectivity index (χ2v) is 11.4. The lowest BCUT2D eigenvalue weighted by Gasteiger charge is -2.42. The number of likely N-dealkylation sites (N-methyl/N-ethyl adjacent to an activating group) is 1. The minimum Gasteiger partial charge on any atom is -0.462 e. The normalized spacial score (nSPS) is 22.7. The zero-order chi connectivity index (χ0) is 31.2. The smallest absolute Gasteiger partial charge is 0.318 e. The summed E-state index contributed by atoms with van der Waals surface area (Å²) in [4.78, 5) is 30.3. The van der Waals surface area contributed by atoms with Gasteiger partial charge in [-0.2, -0.15) is 9.97 Å². The highest BCUT2D eigenvalue weighted by Gasteiger charge is 2.33. The van der Waals surface area contributed by atoms with Gasteiger partial charge in [0, 0.05) is 59.0 Å². The Morgan fingerprint density at radius 1 is 1.17 bits per heavy atom. The van der Waals surface area contributed by atoms with Crippen molar-refractivity contribution >= 4 is 28.2 Å². The molecular formula is C32H39FN6O2. The summed E-state index contributed by atoms with van der Waals surface area (Å²) in [7, 11) is 2.10. The second kappa shape index (κ2) is 11.3. The minimum absolute atomic E-state index is 0.113. The van der Waals surface area contributed by atoms with Gasteiger partial charge < -0.3 is 24.3 Å². The first-order valence-electron chi connectivity index (χ1n) is 15.9. The topological polar surface area (TPSA) is 65.0 Å². The van der Waals surface area contributed by atoms with Gasteiger partial charge in [-0.15, -0.1) is 0 Å². The molecule has 216 valence electrons. The molecule has 2 aromatic carbocycles. The summed E-state index contributed by atoms with van der Waals surface area (Å²) in [6, 6.07) is 11.8. The van der Waals surface area contributed by atoms with Crippen molar-refractivity contribution in [2.75, 3.05) is 56.2 Å². The van der Waals surface area contributed by atoms with Gasteiger partial charge in [0.05, 0.1) is 12.2 Å². The van der Waals surface area contributed by atoms with Crippen LogP contribution in [0.4, 0.5) is 15.9 Å². The zero-order valence-electron chi connectivity index (χ0n) is 26.8. The fourth-order valence-corrected chi connectivity index (χ4v) is 6.47. The number of anilines is 2. The van der Waals surface area contributed by atoms with Gasteiger partial charge in [0.25, 0.3) is 5.91 Å². The number of ether oxygens (including phenoxy) is 1. The Hall–Kier alpha value is -3.72. The first kappa shape index (κ1) is 23.9. The molecule has 2 saturated heterocycles. The third-order valence-corrected chi connectivity index (χ3v) is 8.74. The predicted octanol–water partition coefficient (Wildman–Crippen LogP) is 4.49. The van der Waals surface area contributed by atoms with Crippen LogP contribution in [0.25, 0.3) is 10.8 Å². The highest BCUT2D eigenvalue weighted by molar-refractivity contribution is 5.97. The lowest BCUT2D eigenvalue weighted by Crippen LogP contribution is -2.54. The van der Waals surface area contributed by atoms with Crippen LogP contribution in [0.1, 0.15) is 40.7 Å². The van der Waals surface area contributed by atoms with E-state index in [1.807, 2.05) is 31.2 Å². The molecule has 0 aliphatic carbocycles. The SMILES string of the molecule is [2H]C([2H])([2H])c1cccc2cccc(N3CCc4c(nc(OC[C@@H]5CCCN5C)nc4N4CCN(C(=O)C(=C)F)C[C@@H]4C)C3)c12. The summed E-state index contributed by atoms with van der Waals surface area (Å²) in [5, 5.41) is 1.62. The molecule has 3 aliphatic rings. The van der Waals surface area contributed by atoms with Crippen molar-refractivity contribution in [3.63, 3.8) is 0 Å². The van der Waals surface area contributed by atoms with E-state index in [2.05, 4.69) is 28.3 Å². The molecule has 4 heterocycles. The van der Waals surface area contributed by atoms with Gasteiger partial charge in [0.1, 0.15) is 12.4 Å². The van der Waals surface area contributed by atoms with Crippen LogP contribution in [-0.4, -0.2) is 84.1 Å². The molecule has 1 amide bonds. The zero-order valence-corrected chi connectivity index (χ0v) is 23.8. The first-order chi connectivity index (χ1) is 21.0. The summed E-state index contributed by atoms with van der Waals surface area (Å²) in [6.45, 7) is 6.77. The molecule has 0 saturated carbocycles. The van der Waals surface area contributed by atoms with Gasteiger partial charge in [-0.3, -0.25) is 4.79 Å². The number of hydrogen-bond donors (Lipinski definition) is 0. The summed E-state index contributed by atoms with van der Waals surface area (Å²) in [5.41, 5.74) is 3.05. The molecule has 2 atom stereocenters. The van der Waals surface area contributed by atoms with Crippen molar-refractivity contribution < 1.29 is 18.0 Å². The Kier molecular flexibility index (Phi) is 6.58. The number of piperazine rings is 1. The van der Waals surface area contributed by atoms with Crippen LogP contribution in [0.15, 0.2) is 48.8 Å². The molecular weight excluding hydrogens is 519 g/mol. The predicted molar refractivity (Wildman–Crippen MR) is 160 cm³/mol. The number of likely N-dealkylation sites (tertiary alicyclic amines) is 1. The molecule has 2 fully saturated rings. The molecule has 3 aromatic rings. The van der Waals surface area contributed by atoms with Crippen molar-refractivity contribution in [2.45, 2.75) is 51.7 Å². The number of rotatable bonds is 6. The van der Waals surface area contributed by atoms with E-state index in [9.17, 15) is 9.18 Å². The lowest BCUT2D eigenvalue weighted by atomic mass is 9.99. The van der Waals surface area contributed by atoms with Gasteiger partial charge in [-0.25, -0.2) is 4.39 Å². The van der Waals surface area contributed by atoms with E-state index in [0.29, 0.717) is 63.4 Å². The molecule has 9 heteroatoms. The van der Waals surface area contributed by atoms with E-state index < -0.39 is 18.6 Å². The third-order valence-electron chi connectivity index (χ3n) is 8.74. The standard InChI is InChI=1S/C32H39FN6O2/c1-21-8-5-9-24-10-6-12-28(29(21)24)37-15-13-26-27(19-37)34-32(41-20-25-11-7-14-36(25)4)35-30(26)39-17-16-38(18-22(39)2)31(40)23(3)33/h5-6,8-10,12,22,25H,3,7,11,13-20H2,1-2,4H3/t22-,25-/m0/s1/i1D3. The van der Waals surface area contributed by atoms with Gasteiger partial charge in [-0.05, 0) is 63.6 Å². The number of fused-ring (bicyclic) bond motifs is 2. The summed E-state index contributed by atoms with van der Waals surface area (Å²) >= 11 is 0. The van der Waals surface area contributed by atoms with Crippen LogP contribution in [0.3, 0.4) is 0 Å². The number of aryl methyl sites for hydroxylation is 1. The van der Waals surface area contributed by atoms with E-state index in [0.717, 1.165) is 52.9 Å². The molecule has 6 rings (SSSR count). The number of halogens is 1. The number of benzene rings is 2. The van der Waals surface area contributed by atoms with Crippen molar-refractivity contribution in [2.24, 2.45) is 0 Å². The summed E-state index contributed by atoms with van der Waals surface area (Å²) < 4.78 is 44.4. The van der Waals surface area contributed by atoms with Crippen LogP contribution in [0, 0.1) is 6.85 Å². The Labute approximate surface area is 245 Å². The van der Waals surface area contributed by atoms with Crippen molar-refractivity contribution in [3.05, 3.63) is 65.6 Å². The summed E-state index contributed by atoms with van der Waals surface area (Å²) in [6.07, 6.45) is 2.84. The van der Waals surface area contributed by atoms with E-state index in [4.69, 9.17) is 18.8 Å². The number of aromatic nitrogens is 2. The Balaban J connectivity index is 1.35. The Morgan fingerprint density at radius 2 is 2.00 bits per heavy atom. The maximum Gasteiger partial charge on any atom is 0.318 e.